The van der Waals surface area contributed by atoms with Crippen LogP contribution in [-0.4, -0.2) is 28.0 Å². The second-order valence-electron chi connectivity index (χ2n) is 3.55. The van der Waals surface area contributed by atoms with Crippen LogP contribution in [0.5, 0.6) is 11.5 Å². The zero-order valence-corrected chi connectivity index (χ0v) is 9.66. The number of aromatic hydroxyl groups is 2. The van der Waals surface area contributed by atoms with Gasteiger partial charge >= 0.3 is 0 Å². The van der Waals surface area contributed by atoms with Crippen LogP contribution in [0.1, 0.15) is 23.7 Å². The van der Waals surface area contributed by atoms with E-state index in [2.05, 4.69) is 5.32 Å². The molecular weight excluding hydrogens is 230 g/mol. The van der Waals surface area contributed by atoms with Crippen molar-refractivity contribution in [2.75, 3.05) is 5.88 Å². The lowest BCUT2D eigenvalue weighted by molar-refractivity contribution is 0.0936. The minimum atomic E-state index is -0.425. The third-order valence-electron chi connectivity index (χ3n) is 2.14. The van der Waals surface area contributed by atoms with Crippen LogP contribution in [0.3, 0.4) is 0 Å². The fourth-order valence-electron chi connectivity index (χ4n) is 1.24. The van der Waals surface area contributed by atoms with E-state index in [1.807, 2.05) is 6.92 Å². The summed E-state index contributed by atoms with van der Waals surface area (Å²) >= 11 is 5.54. The number of rotatable bonds is 4. The third-order valence-corrected chi connectivity index (χ3v) is 2.36. The molecule has 0 saturated carbocycles. The third kappa shape index (κ3) is 3.31. The highest BCUT2D eigenvalue weighted by atomic mass is 35.5. The number of phenols is 2. The molecule has 0 fully saturated rings. The maximum Gasteiger partial charge on any atom is 0.255 e. The number of phenolic OH excluding ortho intramolecular Hbond substituents is 2. The van der Waals surface area contributed by atoms with Crippen molar-refractivity contribution in [3.8, 4) is 11.5 Å². The molecule has 1 atom stereocenters. The number of hydrogen-bond acceptors (Lipinski definition) is 3. The van der Waals surface area contributed by atoms with Gasteiger partial charge in [0.1, 0.15) is 11.5 Å². The van der Waals surface area contributed by atoms with Gasteiger partial charge in [-0.3, -0.25) is 4.79 Å². The number of carbonyl (C=O) groups excluding carboxylic acids is 1. The Morgan fingerprint density at radius 1 is 1.50 bits per heavy atom. The lowest BCUT2D eigenvalue weighted by Crippen LogP contribution is -2.32. The normalized spacial score (nSPS) is 12.1. The van der Waals surface area contributed by atoms with Gasteiger partial charge in [0.15, 0.2) is 0 Å². The zero-order chi connectivity index (χ0) is 12.1. The topological polar surface area (TPSA) is 69.6 Å². The van der Waals surface area contributed by atoms with Crippen LogP contribution >= 0.6 is 11.6 Å². The number of nitrogens with one attached hydrogen (secondary N) is 1. The number of halogens is 1. The van der Waals surface area contributed by atoms with Crippen LogP contribution in [0, 0.1) is 0 Å². The maximum absolute atomic E-state index is 11.7. The summed E-state index contributed by atoms with van der Waals surface area (Å²) in [6.45, 7) is 1.82. The minimum absolute atomic E-state index is 0.0569. The highest BCUT2D eigenvalue weighted by Gasteiger charge is 2.13. The van der Waals surface area contributed by atoms with Crippen molar-refractivity contribution in [2.45, 2.75) is 19.4 Å². The fraction of sp³-hybridized carbons (Fsp3) is 0.364. The number of carbonyl (C=O) groups is 1. The first kappa shape index (κ1) is 12.6. The van der Waals surface area contributed by atoms with Gasteiger partial charge < -0.3 is 15.5 Å². The molecule has 88 valence electrons. The highest BCUT2D eigenvalue weighted by molar-refractivity contribution is 6.17. The second-order valence-corrected chi connectivity index (χ2v) is 3.93. The number of amides is 1. The summed E-state index contributed by atoms with van der Waals surface area (Å²) in [5.41, 5.74) is 0.0569. The van der Waals surface area contributed by atoms with Crippen molar-refractivity contribution >= 4 is 17.5 Å². The molecular formula is C11H14ClNO3. The first-order valence-electron chi connectivity index (χ1n) is 4.93. The number of benzene rings is 1. The van der Waals surface area contributed by atoms with Crippen LogP contribution in [0.2, 0.25) is 0 Å². The number of hydrogen-bond donors (Lipinski definition) is 3. The van der Waals surface area contributed by atoms with Crippen molar-refractivity contribution in [1.29, 1.82) is 0 Å². The van der Waals surface area contributed by atoms with E-state index in [9.17, 15) is 15.0 Å². The molecule has 1 amide bonds. The monoisotopic (exact) mass is 243 g/mol. The molecule has 0 bridgehead atoms. The summed E-state index contributed by atoms with van der Waals surface area (Å²) in [7, 11) is 0. The van der Waals surface area contributed by atoms with E-state index in [4.69, 9.17) is 11.6 Å². The summed E-state index contributed by atoms with van der Waals surface area (Å²) < 4.78 is 0. The van der Waals surface area contributed by atoms with Gasteiger partial charge in [0, 0.05) is 11.9 Å². The van der Waals surface area contributed by atoms with E-state index in [1.54, 1.807) is 0 Å². The van der Waals surface area contributed by atoms with E-state index in [0.29, 0.717) is 12.3 Å². The summed E-state index contributed by atoms with van der Waals surface area (Å²) in [5.74, 6) is -0.194. The van der Waals surface area contributed by atoms with Gasteiger partial charge in [0.05, 0.1) is 5.56 Å². The predicted octanol–water partition coefficient (Wildman–Crippen LogP) is 1.85. The Hall–Kier alpha value is -1.42. The lowest BCUT2D eigenvalue weighted by Gasteiger charge is -2.13. The van der Waals surface area contributed by atoms with Crippen LogP contribution in [-0.2, 0) is 0 Å². The van der Waals surface area contributed by atoms with Gasteiger partial charge in [-0.05, 0) is 31.5 Å². The number of alkyl halides is 1. The molecule has 0 aromatic heterocycles. The molecule has 3 N–H and O–H groups in total. The average molecular weight is 244 g/mol. The van der Waals surface area contributed by atoms with Gasteiger partial charge in [-0.25, -0.2) is 0 Å². The van der Waals surface area contributed by atoms with E-state index in [1.165, 1.54) is 18.2 Å². The summed E-state index contributed by atoms with van der Waals surface area (Å²) in [6, 6.07) is 3.73. The van der Waals surface area contributed by atoms with Crippen LogP contribution in [0.15, 0.2) is 18.2 Å². The molecule has 0 spiro atoms. The molecule has 0 saturated heterocycles. The quantitative estimate of drug-likeness (QED) is 0.558. The van der Waals surface area contributed by atoms with E-state index < -0.39 is 5.91 Å². The molecule has 0 aliphatic rings. The van der Waals surface area contributed by atoms with Gasteiger partial charge in [0.25, 0.3) is 5.91 Å². The smallest absolute Gasteiger partial charge is 0.255 e. The minimum Gasteiger partial charge on any atom is -0.508 e. The summed E-state index contributed by atoms with van der Waals surface area (Å²) in [6.07, 6.45) is 0.646. The van der Waals surface area contributed by atoms with Crippen molar-refractivity contribution in [2.24, 2.45) is 0 Å². The summed E-state index contributed by atoms with van der Waals surface area (Å²) in [4.78, 5) is 11.7. The Bertz CT molecular complexity index is 381. The first-order chi connectivity index (χ1) is 7.54. The van der Waals surface area contributed by atoms with Gasteiger partial charge in [-0.1, -0.05) is 0 Å². The van der Waals surface area contributed by atoms with Gasteiger partial charge in [0.2, 0.25) is 0 Å². The highest BCUT2D eigenvalue weighted by Crippen LogP contribution is 2.21. The molecule has 4 nitrogen and oxygen atoms in total. The first-order valence-corrected chi connectivity index (χ1v) is 5.47. The Morgan fingerprint density at radius 2 is 2.19 bits per heavy atom. The molecule has 0 radical (unpaired) electrons. The Morgan fingerprint density at radius 3 is 2.81 bits per heavy atom. The molecule has 0 heterocycles. The average Bonchev–Trinajstić information content (AvgIpc) is 2.21. The molecule has 1 aromatic rings. The second kappa shape index (κ2) is 5.61. The van der Waals surface area contributed by atoms with E-state index >= 15 is 0 Å². The summed E-state index contributed by atoms with van der Waals surface area (Å²) in [5, 5.41) is 21.3. The van der Waals surface area contributed by atoms with Crippen LogP contribution < -0.4 is 5.32 Å². The molecule has 1 unspecified atom stereocenters. The molecule has 5 heteroatoms. The fourth-order valence-corrected chi connectivity index (χ4v) is 1.57. The SMILES string of the molecule is CC(CCCl)NC(=O)c1cc(O)ccc1O. The standard InChI is InChI=1S/C11H14ClNO3/c1-7(4-5-12)13-11(16)9-6-8(14)2-3-10(9)15/h2-3,6-7,14-15H,4-5H2,1H3,(H,13,16). The zero-order valence-electron chi connectivity index (χ0n) is 8.90. The Balaban J connectivity index is 2.76. The Labute approximate surface area is 98.9 Å². The van der Waals surface area contributed by atoms with Crippen molar-refractivity contribution in [3.63, 3.8) is 0 Å². The lowest BCUT2D eigenvalue weighted by atomic mass is 10.1. The molecule has 0 aliphatic heterocycles. The van der Waals surface area contributed by atoms with Crippen LogP contribution in [0.4, 0.5) is 0 Å². The predicted molar refractivity (Wildman–Crippen MR) is 62.0 cm³/mol. The Kier molecular flexibility index (Phi) is 4.43. The van der Waals surface area contributed by atoms with Gasteiger partial charge in [-0.15, -0.1) is 11.6 Å². The van der Waals surface area contributed by atoms with E-state index in [0.717, 1.165) is 0 Å². The molecule has 1 aromatic carbocycles. The van der Waals surface area contributed by atoms with Crippen molar-refractivity contribution < 1.29 is 15.0 Å². The largest absolute Gasteiger partial charge is 0.508 e. The molecule has 1 rings (SSSR count). The van der Waals surface area contributed by atoms with Crippen LogP contribution in [0.25, 0.3) is 0 Å². The molecule has 16 heavy (non-hydrogen) atoms. The van der Waals surface area contributed by atoms with Crippen molar-refractivity contribution in [3.05, 3.63) is 23.8 Å². The van der Waals surface area contributed by atoms with Crippen molar-refractivity contribution in [1.82, 2.24) is 5.32 Å². The van der Waals surface area contributed by atoms with Gasteiger partial charge in [-0.2, -0.15) is 0 Å². The van der Waals surface area contributed by atoms with E-state index in [-0.39, 0.29) is 23.1 Å². The molecule has 0 aliphatic carbocycles. The maximum atomic E-state index is 11.7.